The van der Waals surface area contributed by atoms with Crippen molar-refractivity contribution in [2.24, 2.45) is 0 Å². The van der Waals surface area contributed by atoms with Gasteiger partial charge < -0.3 is 20.3 Å². The highest BCUT2D eigenvalue weighted by Gasteiger charge is 2.20. The molecule has 0 spiro atoms. The molecule has 0 aromatic heterocycles. The minimum atomic E-state index is -0.684. The van der Waals surface area contributed by atoms with Crippen molar-refractivity contribution in [3.63, 3.8) is 0 Å². The van der Waals surface area contributed by atoms with Gasteiger partial charge in [0.05, 0.1) is 25.4 Å². The standard InChI is InChI=1S/C44H81NO5/c1-3-5-7-9-11-13-14-15-16-17-22-26-30-34-38-44(49)50-39-35-31-27-23-19-18-21-25-29-33-37-43(48)45-41(40-46)42(47)36-32-28-24-20-12-10-8-6-4-2/h9,11,14-15,19,23,41-42,46-47H,3-8,10,12-13,16-18,20-22,24-40H2,1-2H3,(H,45,48)/b11-9-,15-14-,23-19-. The van der Waals surface area contributed by atoms with Gasteiger partial charge in [-0.05, 0) is 77.0 Å². The first kappa shape index (κ1) is 48.1. The van der Waals surface area contributed by atoms with Gasteiger partial charge in [0.1, 0.15) is 0 Å². The molecule has 0 aromatic carbocycles. The molecule has 0 aliphatic carbocycles. The van der Waals surface area contributed by atoms with Crippen LogP contribution in [0.2, 0.25) is 0 Å². The summed E-state index contributed by atoms with van der Waals surface area (Å²) in [4.78, 5) is 24.3. The van der Waals surface area contributed by atoms with Crippen molar-refractivity contribution in [2.75, 3.05) is 13.2 Å². The summed E-state index contributed by atoms with van der Waals surface area (Å²) in [6.45, 7) is 4.77. The highest BCUT2D eigenvalue weighted by molar-refractivity contribution is 5.76. The van der Waals surface area contributed by atoms with E-state index in [2.05, 4.69) is 55.6 Å². The van der Waals surface area contributed by atoms with Crippen LogP contribution in [0.4, 0.5) is 0 Å². The monoisotopic (exact) mass is 704 g/mol. The highest BCUT2D eigenvalue weighted by Crippen LogP contribution is 2.14. The molecule has 0 heterocycles. The van der Waals surface area contributed by atoms with Crippen molar-refractivity contribution < 1.29 is 24.5 Å². The number of carbonyl (C=O) groups is 2. The molecule has 3 N–H and O–H groups in total. The van der Waals surface area contributed by atoms with Gasteiger partial charge >= 0.3 is 5.97 Å². The Morgan fingerprint density at radius 3 is 1.60 bits per heavy atom. The Labute approximate surface area is 309 Å². The zero-order valence-corrected chi connectivity index (χ0v) is 32.9. The molecule has 0 fully saturated rings. The van der Waals surface area contributed by atoms with E-state index in [-0.39, 0.29) is 18.5 Å². The number of unbranched alkanes of at least 4 members (excludes halogenated alkanes) is 21. The highest BCUT2D eigenvalue weighted by atomic mass is 16.5. The van der Waals surface area contributed by atoms with E-state index >= 15 is 0 Å². The molecule has 0 saturated carbocycles. The average Bonchev–Trinajstić information content (AvgIpc) is 3.11. The summed E-state index contributed by atoms with van der Waals surface area (Å²) in [6.07, 6.45) is 45.3. The van der Waals surface area contributed by atoms with Gasteiger partial charge in [-0.25, -0.2) is 0 Å². The quantitative estimate of drug-likeness (QED) is 0.0338. The smallest absolute Gasteiger partial charge is 0.305 e. The fourth-order valence-electron chi connectivity index (χ4n) is 6.06. The number of nitrogens with one attached hydrogen (secondary N) is 1. The summed E-state index contributed by atoms with van der Waals surface area (Å²) in [5, 5.41) is 23.0. The summed E-state index contributed by atoms with van der Waals surface area (Å²) < 4.78 is 5.40. The summed E-state index contributed by atoms with van der Waals surface area (Å²) in [5.41, 5.74) is 0. The van der Waals surface area contributed by atoms with Crippen LogP contribution < -0.4 is 5.32 Å². The molecule has 292 valence electrons. The molecule has 0 radical (unpaired) electrons. The van der Waals surface area contributed by atoms with Gasteiger partial charge in [0.15, 0.2) is 0 Å². The second-order valence-corrected chi connectivity index (χ2v) is 14.3. The molecule has 0 saturated heterocycles. The van der Waals surface area contributed by atoms with E-state index in [4.69, 9.17) is 4.74 Å². The molecular weight excluding hydrogens is 622 g/mol. The van der Waals surface area contributed by atoms with E-state index in [1.165, 1.54) is 83.5 Å². The Morgan fingerprint density at radius 2 is 1.02 bits per heavy atom. The zero-order valence-electron chi connectivity index (χ0n) is 32.9. The Kier molecular flexibility index (Phi) is 38.3. The van der Waals surface area contributed by atoms with Crippen molar-refractivity contribution in [1.82, 2.24) is 5.32 Å². The van der Waals surface area contributed by atoms with Gasteiger partial charge in [-0.15, -0.1) is 0 Å². The molecule has 0 aromatic rings. The Balaban J connectivity index is 3.56. The van der Waals surface area contributed by atoms with Crippen LogP contribution in [0.5, 0.6) is 0 Å². The molecule has 0 rings (SSSR count). The van der Waals surface area contributed by atoms with Gasteiger partial charge in [0.2, 0.25) is 5.91 Å². The Hall–Kier alpha value is -1.92. The molecule has 6 heteroatoms. The van der Waals surface area contributed by atoms with E-state index in [1.54, 1.807) is 0 Å². The average molecular weight is 704 g/mol. The fraction of sp³-hybridized carbons (Fsp3) is 0.818. The van der Waals surface area contributed by atoms with Crippen LogP contribution in [0.25, 0.3) is 0 Å². The first-order valence-electron chi connectivity index (χ1n) is 21.2. The van der Waals surface area contributed by atoms with Crippen LogP contribution in [-0.2, 0) is 14.3 Å². The summed E-state index contributed by atoms with van der Waals surface area (Å²) in [6, 6.07) is -0.565. The number of ether oxygens (including phenoxy) is 1. The lowest BCUT2D eigenvalue weighted by molar-refractivity contribution is -0.143. The van der Waals surface area contributed by atoms with Crippen molar-refractivity contribution >= 4 is 11.9 Å². The predicted octanol–water partition coefficient (Wildman–Crippen LogP) is 11.8. The third-order valence-corrected chi connectivity index (χ3v) is 9.41. The molecule has 2 unspecified atom stereocenters. The summed E-state index contributed by atoms with van der Waals surface area (Å²) in [7, 11) is 0. The fourth-order valence-corrected chi connectivity index (χ4v) is 6.06. The van der Waals surface area contributed by atoms with Crippen LogP contribution in [0.3, 0.4) is 0 Å². The van der Waals surface area contributed by atoms with Gasteiger partial charge in [-0.1, -0.05) is 153 Å². The maximum atomic E-state index is 12.3. The number of allylic oxidation sites excluding steroid dienone is 6. The van der Waals surface area contributed by atoms with Crippen LogP contribution >= 0.6 is 0 Å². The molecular formula is C44H81NO5. The zero-order chi connectivity index (χ0) is 36.6. The predicted molar refractivity (Wildman–Crippen MR) is 213 cm³/mol. The van der Waals surface area contributed by atoms with Crippen LogP contribution in [-0.4, -0.2) is 47.4 Å². The second-order valence-electron chi connectivity index (χ2n) is 14.3. The van der Waals surface area contributed by atoms with Crippen molar-refractivity contribution in [2.45, 2.75) is 219 Å². The first-order chi connectivity index (χ1) is 24.5. The SMILES string of the molecule is CCCC/C=C\C/C=C\CCCCCCCC(=O)OCCCC/C=C\CCCCCCC(=O)NC(CO)C(O)CCCCCCCCCCC. The number of amides is 1. The van der Waals surface area contributed by atoms with Crippen molar-refractivity contribution in [3.05, 3.63) is 36.5 Å². The lowest BCUT2D eigenvalue weighted by Crippen LogP contribution is -2.45. The van der Waals surface area contributed by atoms with Crippen LogP contribution in [0.15, 0.2) is 36.5 Å². The van der Waals surface area contributed by atoms with E-state index in [1.807, 2.05) is 0 Å². The topological polar surface area (TPSA) is 95.9 Å². The third kappa shape index (κ3) is 35.9. The van der Waals surface area contributed by atoms with Crippen LogP contribution in [0.1, 0.15) is 206 Å². The van der Waals surface area contributed by atoms with E-state index in [0.717, 1.165) is 89.9 Å². The molecule has 0 aliphatic heterocycles. The number of aliphatic hydroxyl groups is 2. The van der Waals surface area contributed by atoms with Gasteiger partial charge in [-0.2, -0.15) is 0 Å². The van der Waals surface area contributed by atoms with Gasteiger partial charge in [0.25, 0.3) is 0 Å². The lowest BCUT2D eigenvalue weighted by atomic mass is 10.0. The molecule has 0 bridgehead atoms. The molecule has 2 atom stereocenters. The minimum absolute atomic E-state index is 0.0527. The third-order valence-electron chi connectivity index (χ3n) is 9.41. The number of hydrogen-bond donors (Lipinski definition) is 3. The maximum absolute atomic E-state index is 12.3. The normalized spacial score (nSPS) is 13.1. The van der Waals surface area contributed by atoms with Crippen molar-refractivity contribution in [3.8, 4) is 0 Å². The summed E-state index contributed by atoms with van der Waals surface area (Å²) in [5.74, 6) is -0.129. The second kappa shape index (κ2) is 39.9. The van der Waals surface area contributed by atoms with E-state index < -0.39 is 12.1 Å². The number of hydrogen-bond acceptors (Lipinski definition) is 5. The number of rotatable bonds is 38. The molecule has 50 heavy (non-hydrogen) atoms. The minimum Gasteiger partial charge on any atom is -0.466 e. The maximum Gasteiger partial charge on any atom is 0.305 e. The first-order valence-corrected chi connectivity index (χ1v) is 21.2. The van der Waals surface area contributed by atoms with Crippen molar-refractivity contribution in [1.29, 1.82) is 0 Å². The molecule has 6 nitrogen and oxygen atoms in total. The largest absolute Gasteiger partial charge is 0.466 e. The number of esters is 1. The number of aliphatic hydroxyl groups excluding tert-OH is 2. The summed E-state index contributed by atoms with van der Waals surface area (Å²) >= 11 is 0. The number of carbonyl (C=O) groups excluding carboxylic acids is 2. The lowest BCUT2D eigenvalue weighted by Gasteiger charge is -2.22. The Morgan fingerprint density at radius 1 is 0.560 bits per heavy atom. The van der Waals surface area contributed by atoms with E-state index in [0.29, 0.717) is 25.9 Å². The molecule has 1 amide bonds. The Bertz CT molecular complexity index is 823. The van der Waals surface area contributed by atoms with E-state index in [9.17, 15) is 19.8 Å². The van der Waals surface area contributed by atoms with Gasteiger partial charge in [0, 0.05) is 12.8 Å². The van der Waals surface area contributed by atoms with Gasteiger partial charge in [-0.3, -0.25) is 9.59 Å². The van der Waals surface area contributed by atoms with Crippen LogP contribution in [0, 0.1) is 0 Å². The molecule has 0 aliphatic rings.